The summed E-state index contributed by atoms with van der Waals surface area (Å²) in [6.07, 6.45) is 0. The molecular formula is C9H8ClNO. The van der Waals surface area contributed by atoms with Gasteiger partial charge in [-0.25, -0.2) is 0 Å². The van der Waals surface area contributed by atoms with Crippen LogP contribution in [0.15, 0.2) is 24.3 Å². The number of carbonyl (C=O) groups excluding carboxylic acids is 1. The van der Waals surface area contributed by atoms with E-state index in [1.165, 1.54) is 0 Å². The third-order valence-electron chi connectivity index (χ3n) is 2.03. The molecule has 1 aromatic rings. The molecule has 0 radical (unpaired) electrons. The average Bonchev–Trinajstić information content (AvgIpc) is 2.25. The number of nitrogens with one attached hydrogen (secondary N) is 1. The number of alkyl halides is 1. The first-order valence-corrected chi connectivity index (χ1v) is 4.10. The molecule has 0 saturated heterocycles. The van der Waals surface area contributed by atoms with E-state index in [0.717, 1.165) is 5.56 Å². The molecule has 62 valence electrons. The van der Waals surface area contributed by atoms with Crippen LogP contribution in [0, 0.1) is 0 Å². The zero-order chi connectivity index (χ0) is 8.77. The Morgan fingerprint density at radius 1 is 1.42 bits per heavy atom. The predicted octanol–water partition coefficient (Wildman–Crippen LogP) is 1.84. The average molecular weight is 182 g/mol. The molecule has 0 aliphatic carbocycles. The van der Waals surface area contributed by atoms with Crippen molar-refractivity contribution in [2.75, 3.05) is 0 Å². The summed E-state index contributed by atoms with van der Waals surface area (Å²) >= 11 is 6.06. The van der Waals surface area contributed by atoms with Gasteiger partial charge in [-0.2, -0.15) is 0 Å². The van der Waals surface area contributed by atoms with Gasteiger partial charge in [0.05, 0.1) is 0 Å². The van der Waals surface area contributed by atoms with Crippen molar-refractivity contribution in [3.8, 4) is 0 Å². The molecule has 1 heterocycles. The second kappa shape index (κ2) is 2.23. The highest BCUT2D eigenvalue weighted by Gasteiger charge is 2.36. The van der Waals surface area contributed by atoms with Crippen LogP contribution in [0.1, 0.15) is 22.8 Å². The lowest BCUT2D eigenvalue weighted by molar-refractivity contribution is 0.0952. The monoisotopic (exact) mass is 181 g/mol. The largest absolute Gasteiger partial charge is 0.330 e. The zero-order valence-electron chi connectivity index (χ0n) is 6.60. The van der Waals surface area contributed by atoms with Crippen molar-refractivity contribution in [3.63, 3.8) is 0 Å². The Morgan fingerprint density at radius 2 is 2.08 bits per heavy atom. The van der Waals surface area contributed by atoms with E-state index in [1.807, 2.05) is 18.2 Å². The highest BCUT2D eigenvalue weighted by Crippen LogP contribution is 2.33. The molecule has 0 bridgehead atoms. The number of fused-ring (bicyclic) bond motifs is 1. The second-order valence-electron chi connectivity index (χ2n) is 3.00. The third-order valence-corrected chi connectivity index (χ3v) is 2.32. The van der Waals surface area contributed by atoms with E-state index in [-0.39, 0.29) is 5.91 Å². The van der Waals surface area contributed by atoms with Crippen molar-refractivity contribution >= 4 is 17.5 Å². The predicted molar refractivity (Wildman–Crippen MR) is 47.1 cm³/mol. The molecule has 1 amide bonds. The maximum absolute atomic E-state index is 11.3. The first kappa shape index (κ1) is 7.62. The molecule has 2 nitrogen and oxygen atoms in total. The lowest BCUT2D eigenvalue weighted by atomic mass is 10.1. The SMILES string of the molecule is CC1(Cl)NC(=O)c2ccccc21. The normalized spacial score (nSPS) is 26.7. The molecule has 1 aliphatic rings. The van der Waals surface area contributed by atoms with E-state index in [0.29, 0.717) is 5.56 Å². The maximum atomic E-state index is 11.3. The van der Waals surface area contributed by atoms with Gasteiger partial charge in [-0.05, 0) is 13.0 Å². The molecule has 1 unspecified atom stereocenters. The first-order chi connectivity index (χ1) is 5.61. The zero-order valence-corrected chi connectivity index (χ0v) is 7.35. The fourth-order valence-corrected chi connectivity index (χ4v) is 1.69. The van der Waals surface area contributed by atoms with Gasteiger partial charge in [0, 0.05) is 11.1 Å². The lowest BCUT2D eigenvalue weighted by Crippen LogP contribution is -2.30. The van der Waals surface area contributed by atoms with Crippen molar-refractivity contribution in [2.45, 2.75) is 11.9 Å². The quantitative estimate of drug-likeness (QED) is 0.480. The summed E-state index contributed by atoms with van der Waals surface area (Å²) < 4.78 is 0. The number of hydrogen-bond donors (Lipinski definition) is 1. The van der Waals surface area contributed by atoms with E-state index in [2.05, 4.69) is 5.32 Å². The molecule has 1 aliphatic heterocycles. The van der Waals surface area contributed by atoms with Crippen molar-refractivity contribution in [1.82, 2.24) is 5.32 Å². The van der Waals surface area contributed by atoms with Gasteiger partial charge < -0.3 is 5.32 Å². The molecule has 2 rings (SSSR count). The Labute approximate surface area is 75.5 Å². The van der Waals surface area contributed by atoms with Crippen LogP contribution >= 0.6 is 11.6 Å². The topological polar surface area (TPSA) is 29.1 Å². The van der Waals surface area contributed by atoms with Crippen LogP contribution in [0.25, 0.3) is 0 Å². The van der Waals surface area contributed by atoms with E-state index >= 15 is 0 Å². The van der Waals surface area contributed by atoms with Gasteiger partial charge in [0.1, 0.15) is 5.00 Å². The van der Waals surface area contributed by atoms with Crippen LogP contribution in [-0.2, 0) is 5.00 Å². The van der Waals surface area contributed by atoms with Crippen molar-refractivity contribution in [1.29, 1.82) is 0 Å². The van der Waals surface area contributed by atoms with Crippen molar-refractivity contribution in [2.24, 2.45) is 0 Å². The van der Waals surface area contributed by atoms with Gasteiger partial charge in [-0.15, -0.1) is 0 Å². The summed E-state index contributed by atoms with van der Waals surface area (Å²) in [5.74, 6) is -0.0944. The minimum atomic E-state index is -0.728. The Balaban J connectivity index is 2.66. The molecule has 1 atom stereocenters. The van der Waals surface area contributed by atoms with Gasteiger partial charge in [0.2, 0.25) is 0 Å². The fraction of sp³-hybridized carbons (Fsp3) is 0.222. The molecule has 3 heteroatoms. The molecule has 0 spiro atoms. The summed E-state index contributed by atoms with van der Waals surface area (Å²) in [6, 6.07) is 7.34. The van der Waals surface area contributed by atoms with Crippen molar-refractivity contribution in [3.05, 3.63) is 35.4 Å². The van der Waals surface area contributed by atoms with Crippen LogP contribution in [-0.4, -0.2) is 5.91 Å². The molecule has 1 N–H and O–H groups in total. The Hall–Kier alpha value is -1.02. The Morgan fingerprint density at radius 3 is 2.75 bits per heavy atom. The third kappa shape index (κ3) is 0.916. The Bertz CT molecular complexity index is 346. The van der Waals surface area contributed by atoms with Crippen molar-refractivity contribution < 1.29 is 4.79 Å². The lowest BCUT2D eigenvalue weighted by Gasteiger charge is -2.15. The van der Waals surface area contributed by atoms with E-state index in [4.69, 9.17) is 11.6 Å². The maximum Gasteiger partial charge on any atom is 0.253 e. The smallest absolute Gasteiger partial charge is 0.253 e. The number of benzene rings is 1. The standard InChI is InChI=1S/C9H8ClNO/c1-9(10)7-5-3-2-4-6(7)8(12)11-9/h2-5H,1H3,(H,11,12). The molecule has 0 saturated carbocycles. The Kier molecular flexibility index (Phi) is 1.42. The molecule has 1 aromatic carbocycles. The summed E-state index contributed by atoms with van der Waals surface area (Å²) in [6.45, 7) is 1.78. The highest BCUT2D eigenvalue weighted by molar-refractivity contribution is 6.27. The highest BCUT2D eigenvalue weighted by atomic mass is 35.5. The van der Waals surface area contributed by atoms with Crippen LogP contribution in [0.5, 0.6) is 0 Å². The number of hydrogen-bond acceptors (Lipinski definition) is 1. The minimum absolute atomic E-state index is 0.0944. The van der Waals surface area contributed by atoms with E-state index < -0.39 is 5.00 Å². The van der Waals surface area contributed by atoms with E-state index in [1.54, 1.807) is 13.0 Å². The van der Waals surface area contributed by atoms with Gasteiger partial charge in [-0.1, -0.05) is 29.8 Å². The van der Waals surface area contributed by atoms with Gasteiger partial charge >= 0.3 is 0 Å². The van der Waals surface area contributed by atoms with Crippen LogP contribution < -0.4 is 5.32 Å². The number of carbonyl (C=O) groups is 1. The van der Waals surface area contributed by atoms with Crippen LogP contribution in [0.4, 0.5) is 0 Å². The minimum Gasteiger partial charge on any atom is -0.330 e. The first-order valence-electron chi connectivity index (χ1n) is 3.72. The summed E-state index contributed by atoms with van der Waals surface area (Å²) in [5.41, 5.74) is 1.53. The fourth-order valence-electron chi connectivity index (χ4n) is 1.44. The summed E-state index contributed by atoms with van der Waals surface area (Å²) in [5, 5.41) is 2.69. The molecule has 12 heavy (non-hydrogen) atoms. The van der Waals surface area contributed by atoms with Crippen LogP contribution in [0.3, 0.4) is 0 Å². The van der Waals surface area contributed by atoms with E-state index in [9.17, 15) is 4.79 Å². The molecule has 0 aromatic heterocycles. The summed E-state index contributed by atoms with van der Waals surface area (Å²) in [4.78, 5) is 10.6. The van der Waals surface area contributed by atoms with Gasteiger partial charge in [0.15, 0.2) is 0 Å². The number of amides is 1. The number of halogens is 1. The van der Waals surface area contributed by atoms with Gasteiger partial charge in [0.25, 0.3) is 5.91 Å². The number of rotatable bonds is 0. The molecular weight excluding hydrogens is 174 g/mol. The molecule has 0 fully saturated rings. The second-order valence-corrected chi connectivity index (χ2v) is 3.76. The van der Waals surface area contributed by atoms with Gasteiger partial charge in [-0.3, -0.25) is 4.79 Å². The van der Waals surface area contributed by atoms with Crippen LogP contribution in [0.2, 0.25) is 0 Å². The summed E-state index contributed by atoms with van der Waals surface area (Å²) in [7, 11) is 0.